The number of benzene rings is 3. The van der Waals surface area contributed by atoms with Crippen LogP contribution in [0, 0.1) is 11.6 Å². The molecule has 6 nitrogen and oxygen atoms in total. The molecule has 1 spiro atoms. The quantitative estimate of drug-likeness (QED) is 0.545. The van der Waals surface area contributed by atoms with Gasteiger partial charge in [-0.1, -0.05) is 6.07 Å². The predicted octanol–water partition coefficient (Wildman–Crippen LogP) is 4.74. The number of nitrogens with zero attached hydrogens (tertiary/aromatic N) is 2. The fourth-order valence-electron chi connectivity index (χ4n) is 4.86. The van der Waals surface area contributed by atoms with Crippen LogP contribution in [0.5, 0.6) is 11.5 Å². The van der Waals surface area contributed by atoms with Crippen molar-refractivity contribution in [3.63, 3.8) is 0 Å². The molecule has 1 saturated heterocycles. The molecule has 2 aliphatic heterocycles. The van der Waals surface area contributed by atoms with E-state index in [4.69, 9.17) is 4.74 Å². The van der Waals surface area contributed by atoms with Gasteiger partial charge in [0.1, 0.15) is 17.2 Å². The molecule has 2 aliphatic rings. The second-order valence-electron chi connectivity index (χ2n) is 8.75. The highest BCUT2D eigenvalue weighted by atomic mass is 19.2. The summed E-state index contributed by atoms with van der Waals surface area (Å²) in [6, 6.07) is 16.1. The van der Waals surface area contributed by atoms with E-state index in [1.54, 1.807) is 30.2 Å². The Morgan fingerprint density at radius 2 is 1.74 bits per heavy atom. The molecule has 34 heavy (non-hydrogen) atoms. The van der Waals surface area contributed by atoms with E-state index in [1.807, 2.05) is 24.3 Å². The molecule has 2 heterocycles. The Morgan fingerprint density at radius 1 is 1.00 bits per heavy atom. The van der Waals surface area contributed by atoms with Crippen LogP contribution >= 0.6 is 0 Å². The molecule has 5 rings (SSSR count). The van der Waals surface area contributed by atoms with Crippen molar-refractivity contribution in [2.24, 2.45) is 0 Å². The van der Waals surface area contributed by atoms with E-state index in [0.717, 1.165) is 11.8 Å². The average Bonchev–Trinajstić information content (AvgIpc) is 2.84. The van der Waals surface area contributed by atoms with Crippen molar-refractivity contribution in [3.05, 3.63) is 83.4 Å². The second-order valence-corrected chi connectivity index (χ2v) is 8.75. The van der Waals surface area contributed by atoms with Gasteiger partial charge in [0.2, 0.25) is 0 Å². The first-order chi connectivity index (χ1) is 16.4. The van der Waals surface area contributed by atoms with E-state index >= 15 is 0 Å². The molecule has 1 fully saturated rings. The third-order valence-electron chi connectivity index (χ3n) is 6.64. The van der Waals surface area contributed by atoms with Gasteiger partial charge in [-0.25, -0.2) is 8.78 Å². The Kier molecular flexibility index (Phi) is 5.61. The molecule has 2 N–H and O–H groups in total. The average molecular weight is 466 g/mol. The highest BCUT2D eigenvalue weighted by Gasteiger charge is 2.47. The van der Waals surface area contributed by atoms with Gasteiger partial charge in [0.05, 0.1) is 12.7 Å². The van der Waals surface area contributed by atoms with Crippen molar-refractivity contribution in [1.29, 1.82) is 0 Å². The molecule has 0 atom stereocenters. The molecule has 0 unspecified atom stereocenters. The summed E-state index contributed by atoms with van der Waals surface area (Å²) in [4.78, 5) is 17.6. The summed E-state index contributed by atoms with van der Waals surface area (Å²) >= 11 is 0. The first-order valence-electron chi connectivity index (χ1n) is 11.1. The lowest BCUT2D eigenvalue weighted by atomic mass is 9.89. The second kappa shape index (κ2) is 8.61. The number of hydrogen-bond donors (Lipinski definition) is 2. The molecule has 8 heteroatoms. The third kappa shape index (κ3) is 3.94. The minimum atomic E-state index is -0.855. The number of anilines is 2. The molecule has 0 aromatic heterocycles. The number of hydrogen-bond acceptors (Lipinski definition) is 5. The fourth-order valence-corrected chi connectivity index (χ4v) is 4.86. The molecule has 0 saturated carbocycles. The number of amides is 1. The van der Waals surface area contributed by atoms with Gasteiger partial charge in [-0.15, -0.1) is 0 Å². The minimum absolute atomic E-state index is 0.0286. The number of methoxy groups -OCH3 is 1. The van der Waals surface area contributed by atoms with Crippen LogP contribution in [-0.2, 0) is 6.54 Å². The number of phenolic OH excluding ortho intramolecular Hbond substituents is 1. The van der Waals surface area contributed by atoms with Crippen LogP contribution < -0.4 is 15.0 Å². The van der Waals surface area contributed by atoms with Crippen LogP contribution in [0.25, 0.3) is 0 Å². The normalized spacial score (nSPS) is 17.4. The van der Waals surface area contributed by atoms with E-state index in [0.29, 0.717) is 55.0 Å². The maximum absolute atomic E-state index is 13.7. The largest absolute Gasteiger partial charge is 0.508 e. The minimum Gasteiger partial charge on any atom is -0.508 e. The zero-order chi connectivity index (χ0) is 23.9. The Hall–Kier alpha value is -3.65. The van der Waals surface area contributed by atoms with Crippen LogP contribution in [0.2, 0.25) is 0 Å². The Morgan fingerprint density at radius 3 is 2.41 bits per heavy atom. The lowest BCUT2D eigenvalue weighted by molar-refractivity contribution is 0.0903. The molecule has 0 bridgehead atoms. The Labute approximate surface area is 196 Å². The number of fused-ring (bicyclic) bond motifs is 1. The summed E-state index contributed by atoms with van der Waals surface area (Å²) in [5.74, 6) is -1.18. The molecule has 1 amide bonds. The van der Waals surface area contributed by atoms with Crippen LogP contribution in [0.1, 0.15) is 28.8 Å². The number of aromatic hydroxyl groups is 1. The van der Waals surface area contributed by atoms with Gasteiger partial charge in [0, 0.05) is 43.9 Å². The Balaban J connectivity index is 1.44. The SMILES string of the molecule is COc1ccc(N2C(=O)c3cc(O)ccc3NC23CCN(Cc2ccc(F)c(F)c2)CC3)cc1. The van der Waals surface area contributed by atoms with E-state index in [-0.39, 0.29) is 11.7 Å². The standard InChI is InChI=1S/C26H25F2N3O3/c1-34-20-6-3-18(4-7-20)31-25(33)21-15-19(32)5-9-24(21)29-26(31)10-12-30(13-11-26)16-17-2-8-22(27)23(28)14-17/h2-9,14-15,29,32H,10-13,16H2,1H3. The molecule has 0 radical (unpaired) electrons. The van der Waals surface area contributed by atoms with Gasteiger partial charge in [0.15, 0.2) is 11.6 Å². The smallest absolute Gasteiger partial charge is 0.262 e. The molecular formula is C26H25F2N3O3. The number of rotatable bonds is 4. The summed E-state index contributed by atoms with van der Waals surface area (Å²) in [5, 5.41) is 13.5. The lowest BCUT2D eigenvalue weighted by Crippen LogP contribution is -2.64. The highest BCUT2D eigenvalue weighted by Crippen LogP contribution is 2.42. The van der Waals surface area contributed by atoms with E-state index in [2.05, 4.69) is 10.2 Å². The van der Waals surface area contributed by atoms with Crippen LogP contribution in [-0.4, -0.2) is 41.8 Å². The van der Waals surface area contributed by atoms with Gasteiger partial charge >= 0.3 is 0 Å². The van der Waals surface area contributed by atoms with Crippen molar-refractivity contribution in [2.75, 3.05) is 30.4 Å². The van der Waals surface area contributed by atoms with Crippen LogP contribution in [0.4, 0.5) is 20.2 Å². The number of carbonyl (C=O) groups is 1. The van der Waals surface area contributed by atoms with Crippen molar-refractivity contribution in [2.45, 2.75) is 25.0 Å². The lowest BCUT2D eigenvalue weighted by Gasteiger charge is -2.52. The summed E-state index contributed by atoms with van der Waals surface area (Å²) in [7, 11) is 1.59. The predicted molar refractivity (Wildman–Crippen MR) is 125 cm³/mol. The maximum Gasteiger partial charge on any atom is 0.262 e. The van der Waals surface area contributed by atoms with Gasteiger partial charge in [-0.3, -0.25) is 14.6 Å². The topological polar surface area (TPSA) is 65.0 Å². The van der Waals surface area contributed by atoms with Crippen LogP contribution in [0.15, 0.2) is 60.7 Å². The maximum atomic E-state index is 13.7. The first kappa shape index (κ1) is 22.2. The molecular weight excluding hydrogens is 440 g/mol. The zero-order valence-electron chi connectivity index (χ0n) is 18.7. The highest BCUT2D eigenvalue weighted by molar-refractivity contribution is 6.13. The molecule has 3 aromatic carbocycles. The zero-order valence-corrected chi connectivity index (χ0v) is 18.7. The first-order valence-corrected chi connectivity index (χ1v) is 11.1. The number of nitrogens with one attached hydrogen (secondary N) is 1. The number of phenols is 1. The van der Waals surface area contributed by atoms with Gasteiger partial charge in [0.25, 0.3) is 5.91 Å². The number of halogens is 2. The van der Waals surface area contributed by atoms with Crippen molar-refractivity contribution in [3.8, 4) is 11.5 Å². The molecule has 3 aromatic rings. The van der Waals surface area contributed by atoms with Crippen LogP contribution in [0.3, 0.4) is 0 Å². The summed E-state index contributed by atoms with van der Waals surface area (Å²) in [5.41, 5.74) is 1.85. The summed E-state index contributed by atoms with van der Waals surface area (Å²) in [6.07, 6.45) is 1.24. The van der Waals surface area contributed by atoms with Gasteiger partial charge in [-0.2, -0.15) is 0 Å². The number of likely N-dealkylation sites (tertiary alicyclic amines) is 1. The van der Waals surface area contributed by atoms with Crippen molar-refractivity contribution >= 4 is 17.3 Å². The van der Waals surface area contributed by atoms with E-state index in [9.17, 15) is 18.7 Å². The molecule has 0 aliphatic carbocycles. The fraction of sp³-hybridized carbons (Fsp3) is 0.269. The van der Waals surface area contributed by atoms with Gasteiger partial charge in [-0.05, 0) is 60.2 Å². The van der Waals surface area contributed by atoms with E-state index < -0.39 is 17.3 Å². The molecule has 176 valence electrons. The number of ether oxygens (including phenoxy) is 1. The summed E-state index contributed by atoms with van der Waals surface area (Å²) < 4.78 is 32.2. The monoisotopic (exact) mass is 465 g/mol. The summed E-state index contributed by atoms with van der Waals surface area (Å²) in [6.45, 7) is 1.80. The Bertz CT molecular complexity index is 1220. The van der Waals surface area contributed by atoms with Gasteiger partial charge < -0.3 is 15.2 Å². The van der Waals surface area contributed by atoms with Crippen molar-refractivity contribution in [1.82, 2.24) is 4.90 Å². The number of piperidine rings is 1. The third-order valence-corrected chi connectivity index (χ3v) is 6.64. The number of carbonyl (C=O) groups excluding carboxylic acids is 1. The van der Waals surface area contributed by atoms with Crippen molar-refractivity contribution < 1.29 is 23.4 Å². The van der Waals surface area contributed by atoms with E-state index in [1.165, 1.54) is 12.1 Å².